The molecule has 0 fully saturated rings. The summed E-state index contributed by atoms with van der Waals surface area (Å²) < 4.78 is 2.48. The Labute approximate surface area is 331 Å². The van der Waals surface area contributed by atoms with Crippen LogP contribution in [0, 0.1) is 0 Å². The molecule has 12 rings (SSSR count). The zero-order valence-electron chi connectivity index (χ0n) is 31.9. The Hall–Kier alpha value is -7.16. The minimum Gasteiger partial charge on any atom is -0.310 e. The SMILES string of the molecule is CC1(C)c2cc(-c3ccc4c5c3ccc3cccc(c35)n4-c3cccc4ccccc34)ccc2-c2ccc(N(c3ccccc3)c3cccc4ccccc34)cc21. The van der Waals surface area contributed by atoms with E-state index in [-0.39, 0.29) is 5.41 Å². The average Bonchev–Trinajstić information content (AvgIpc) is 3.71. The van der Waals surface area contributed by atoms with Gasteiger partial charge in [0.25, 0.3) is 0 Å². The highest BCUT2D eigenvalue weighted by molar-refractivity contribution is 6.27. The predicted octanol–water partition coefficient (Wildman–Crippen LogP) is 15.1. The maximum absolute atomic E-state index is 2.48. The van der Waals surface area contributed by atoms with Gasteiger partial charge in [-0.2, -0.15) is 0 Å². The van der Waals surface area contributed by atoms with Crippen molar-refractivity contribution in [2.45, 2.75) is 19.3 Å². The molecular weight excluding hydrogens is 689 g/mol. The third-order valence-corrected chi connectivity index (χ3v) is 12.7. The molecule has 0 amide bonds. The van der Waals surface area contributed by atoms with Crippen molar-refractivity contribution in [3.8, 4) is 27.9 Å². The fourth-order valence-electron chi connectivity index (χ4n) is 10.0. The van der Waals surface area contributed by atoms with Gasteiger partial charge in [0.1, 0.15) is 0 Å². The molecule has 0 spiro atoms. The van der Waals surface area contributed by atoms with Crippen molar-refractivity contribution in [3.63, 3.8) is 0 Å². The summed E-state index contributed by atoms with van der Waals surface area (Å²) in [5.41, 5.74) is 14.9. The number of benzene rings is 10. The zero-order chi connectivity index (χ0) is 37.8. The monoisotopic (exact) mass is 726 g/mol. The lowest BCUT2D eigenvalue weighted by atomic mass is 9.81. The van der Waals surface area contributed by atoms with Crippen LogP contribution in [0.3, 0.4) is 0 Å². The first-order valence-corrected chi connectivity index (χ1v) is 19.9. The molecule has 0 saturated carbocycles. The van der Waals surface area contributed by atoms with Gasteiger partial charge in [-0.05, 0) is 110 Å². The molecule has 10 aromatic carbocycles. The Balaban J connectivity index is 1.01. The normalized spacial score (nSPS) is 13.2. The summed E-state index contributed by atoms with van der Waals surface area (Å²) in [5.74, 6) is 0. The molecule has 11 aromatic rings. The molecular formula is C55H38N2. The summed E-state index contributed by atoms with van der Waals surface area (Å²) in [5, 5.41) is 10.2. The summed E-state index contributed by atoms with van der Waals surface area (Å²) in [6.45, 7) is 4.79. The van der Waals surface area contributed by atoms with Crippen LogP contribution in [0.1, 0.15) is 25.0 Å². The van der Waals surface area contributed by atoms with E-state index >= 15 is 0 Å². The molecule has 0 unspecified atom stereocenters. The van der Waals surface area contributed by atoms with Gasteiger partial charge in [-0.3, -0.25) is 0 Å². The zero-order valence-corrected chi connectivity index (χ0v) is 31.9. The van der Waals surface area contributed by atoms with E-state index in [1.165, 1.54) is 98.9 Å². The fourth-order valence-corrected chi connectivity index (χ4v) is 10.0. The Morgan fingerprint density at radius 3 is 1.88 bits per heavy atom. The van der Waals surface area contributed by atoms with E-state index < -0.39 is 0 Å². The van der Waals surface area contributed by atoms with Crippen molar-refractivity contribution in [1.82, 2.24) is 4.57 Å². The van der Waals surface area contributed by atoms with Crippen LogP contribution in [0.4, 0.5) is 17.1 Å². The van der Waals surface area contributed by atoms with Gasteiger partial charge in [0.15, 0.2) is 0 Å². The fraction of sp³-hybridized carbons (Fsp3) is 0.0545. The summed E-state index contributed by atoms with van der Waals surface area (Å²) in [7, 11) is 0. The molecule has 0 radical (unpaired) electrons. The van der Waals surface area contributed by atoms with Crippen molar-refractivity contribution in [3.05, 3.63) is 205 Å². The minimum atomic E-state index is -0.202. The molecule has 0 bridgehead atoms. The maximum Gasteiger partial charge on any atom is 0.0548 e. The van der Waals surface area contributed by atoms with Crippen LogP contribution < -0.4 is 4.90 Å². The Bertz CT molecular complexity index is 3370. The van der Waals surface area contributed by atoms with Crippen LogP contribution in [-0.2, 0) is 5.41 Å². The molecule has 2 nitrogen and oxygen atoms in total. The molecule has 0 aliphatic heterocycles. The quantitative estimate of drug-likeness (QED) is 0.160. The lowest BCUT2D eigenvalue weighted by Gasteiger charge is -2.29. The van der Waals surface area contributed by atoms with Gasteiger partial charge in [-0.15, -0.1) is 0 Å². The number of nitrogens with zero attached hydrogens (tertiary/aromatic N) is 2. The van der Waals surface area contributed by atoms with Crippen LogP contribution in [-0.4, -0.2) is 4.57 Å². The van der Waals surface area contributed by atoms with Gasteiger partial charge < -0.3 is 9.47 Å². The molecule has 268 valence electrons. The molecule has 1 aliphatic rings. The summed E-state index contributed by atoms with van der Waals surface area (Å²) >= 11 is 0. The lowest BCUT2D eigenvalue weighted by molar-refractivity contribution is 0.660. The molecule has 0 saturated heterocycles. The van der Waals surface area contributed by atoms with Crippen LogP contribution in [0.2, 0.25) is 0 Å². The lowest BCUT2D eigenvalue weighted by Crippen LogP contribution is -2.16. The molecule has 1 aromatic heterocycles. The first-order chi connectivity index (χ1) is 28.0. The second kappa shape index (κ2) is 11.9. The van der Waals surface area contributed by atoms with Gasteiger partial charge in [0, 0.05) is 38.3 Å². The highest BCUT2D eigenvalue weighted by atomic mass is 15.1. The van der Waals surface area contributed by atoms with Crippen LogP contribution in [0.5, 0.6) is 0 Å². The number of anilines is 3. The van der Waals surface area contributed by atoms with E-state index in [9.17, 15) is 0 Å². The first-order valence-electron chi connectivity index (χ1n) is 19.9. The highest BCUT2D eigenvalue weighted by Crippen LogP contribution is 2.53. The molecule has 1 aliphatic carbocycles. The second-order valence-corrected chi connectivity index (χ2v) is 16.1. The van der Waals surface area contributed by atoms with Gasteiger partial charge in [0.05, 0.1) is 22.4 Å². The summed E-state index contributed by atoms with van der Waals surface area (Å²) in [6, 6.07) is 71.8. The van der Waals surface area contributed by atoms with E-state index in [1.54, 1.807) is 0 Å². The number of hydrogen-bond acceptors (Lipinski definition) is 1. The number of fused-ring (bicyclic) bond motifs is 5. The van der Waals surface area contributed by atoms with Gasteiger partial charge >= 0.3 is 0 Å². The molecule has 1 heterocycles. The van der Waals surface area contributed by atoms with Crippen molar-refractivity contribution in [2.75, 3.05) is 4.90 Å². The first kappa shape index (κ1) is 32.1. The number of rotatable bonds is 5. The molecule has 57 heavy (non-hydrogen) atoms. The Morgan fingerprint density at radius 2 is 1.04 bits per heavy atom. The third-order valence-electron chi connectivity index (χ3n) is 12.7. The van der Waals surface area contributed by atoms with Crippen LogP contribution >= 0.6 is 0 Å². The Kier molecular flexibility index (Phi) is 6.72. The van der Waals surface area contributed by atoms with E-state index in [4.69, 9.17) is 0 Å². The summed E-state index contributed by atoms with van der Waals surface area (Å²) in [4.78, 5) is 2.42. The van der Waals surface area contributed by atoms with Crippen LogP contribution in [0.15, 0.2) is 194 Å². The van der Waals surface area contributed by atoms with Crippen molar-refractivity contribution in [1.29, 1.82) is 0 Å². The largest absolute Gasteiger partial charge is 0.310 e. The average molecular weight is 727 g/mol. The van der Waals surface area contributed by atoms with Gasteiger partial charge in [-0.25, -0.2) is 0 Å². The van der Waals surface area contributed by atoms with E-state index in [0.717, 1.165) is 11.4 Å². The molecule has 0 atom stereocenters. The van der Waals surface area contributed by atoms with E-state index in [1.807, 2.05) is 0 Å². The number of hydrogen-bond donors (Lipinski definition) is 0. The van der Waals surface area contributed by atoms with Crippen molar-refractivity contribution in [2.24, 2.45) is 0 Å². The van der Waals surface area contributed by atoms with Gasteiger partial charge in [-0.1, -0.05) is 153 Å². The van der Waals surface area contributed by atoms with Crippen molar-refractivity contribution >= 4 is 71.2 Å². The smallest absolute Gasteiger partial charge is 0.0548 e. The number of aromatic nitrogens is 1. The topological polar surface area (TPSA) is 8.17 Å². The molecule has 0 N–H and O–H groups in total. The number of para-hydroxylation sites is 1. The minimum absolute atomic E-state index is 0.202. The second-order valence-electron chi connectivity index (χ2n) is 16.1. The van der Waals surface area contributed by atoms with Crippen molar-refractivity contribution < 1.29 is 0 Å². The van der Waals surface area contributed by atoms with Gasteiger partial charge in [0.2, 0.25) is 0 Å². The molecule has 2 heteroatoms. The standard InChI is InChI=1S/C55H38N2/c1-55(2)47-33-38(41-31-32-52-54-46(41)29-25-37-17-12-24-51(53(37)54)57(52)50-23-11-16-36-14-7-9-21-43(36)50)26-28-44(47)45-30-27-40(34-48(45)55)56(39-18-4-3-5-19-39)49-22-10-15-35-13-6-8-20-42(35)49/h3-34H,1-2H3. The summed E-state index contributed by atoms with van der Waals surface area (Å²) in [6.07, 6.45) is 0. The third kappa shape index (κ3) is 4.59. The van der Waals surface area contributed by atoms with E-state index in [0.29, 0.717) is 0 Å². The maximum atomic E-state index is 2.48. The van der Waals surface area contributed by atoms with E-state index in [2.05, 4.69) is 217 Å². The Morgan fingerprint density at radius 1 is 0.404 bits per heavy atom. The highest BCUT2D eigenvalue weighted by Gasteiger charge is 2.36. The predicted molar refractivity (Wildman–Crippen MR) is 242 cm³/mol. The van der Waals surface area contributed by atoms with Crippen LogP contribution in [0.25, 0.3) is 82.1 Å².